The van der Waals surface area contributed by atoms with E-state index in [0.29, 0.717) is 17.9 Å². The number of carbonyl (C=O) groups is 4. The van der Waals surface area contributed by atoms with E-state index in [2.05, 4.69) is 0 Å². The average molecular weight is 620 g/mol. The van der Waals surface area contributed by atoms with E-state index in [-0.39, 0.29) is 53.2 Å². The van der Waals surface area contributed by atoms with Crippen LogP contribution in [-0.2, 0) is 19.2 Å². The Morgan fingerprint density at radius 2 is 1.61 bits per heavy atom. The highest BCUT2D eigenvalue weighted by Crippen LogP contribution is 2.64. The number of ether oxygens (including phenoxy) is 1. The van der Waals surface area contributed by atoms with Gasteiger partial charge in [0, 0.05) is 5.92 Å². The molecule has 46 heavy (non-hydrogen) atoms. The van der Waals surface area contributed by atoms with Crippen molar-refractivity contribution in [3.63, 3.8) is 0 Å². The van der Waals surface area contributed by atoms with Gasteiger partial charge in [0.05, 0.1) is 41.2 Å². The number of para-hydroxylation sites is 1. The van der Waals surface area contributed by atoms with Gasteiger partial charge in [-0.1, -0.05) is 48.0 Å². The maximum absolute atomic E-state index is 14.5. The lowest BCUT2D eigenvalue weighted by atomic mass is 9.51. The lowest BCUT2D eigenvalue weighted by Crippen LogP contribution is -2.48. The third-order valence-electron chi connectivity index (χ3n) is 10.3. The minimum absolute atomic E-state index is 0.0560. The van der Waals surface area contributed by atoms with E-state index in [0.717, 1.165) is 10.5 Å². The first kappa shape index (κ1) is 29.9. The van der Waals surface area contributed by atoms with Crippen LogP contribution in [-0.4, -0.2) is 52.5 Å². The van der Waals surface area contributed by atoms with Gasteiger partial charge in [-0.15, -0.1) is 0 Å². The Kier molecular flexibility index (Phi) is 7.13. The van der Waals surface area contributed by atoms with E-state index in [9.17, 15) is 34.3 Å². The van der Waals surface area contributed by atoms with Gasteiger partial charge in [0.25, 0.3) is 0 Å². The molecule has 6 unspecified atom stereocenters. The molecule has 3 N–H and O–H groups in total. The number of nitrogens with zero attached hydrogens (tertiary/aromatic N) is 2. The Bertz CT molecular complexity index is 1810. The van der Waals surface area contributed by atoms with Crippen molar-refractivity contribution in [2.45, 2.75) is 32.6 Å². The highest BCUT2D eigenvalue weighted by Gasteiger charge is 2.67. The number of aromatic hydroxyl groups is 1. The number of phenols is 1. The molecule has 234 valence electrons. The number of hydrogen-bond acceptors (Lipinski definition) is 8. The number of imide groups is 2. The van der Waals surface area contributed by atoms with Crippen LogP contribution in [0.4, 0.5) is 11.4 Å². The standard InChI is InChI=1S/C35H33BN2O8/c1-3-46-28-16-19(12-15-27(28)39)30-23-13-14-24-29(33(42)37(31(24)40)22-11-7-8-20(17-22)36(44)45)25(23)18-26-32(41)38(34(43)35(26,30)2)21-9-5-4-6-10-21/h4-13,15-17,24-26,29-30,39,44-45H,3,14,18H2,1-2H3. The zero-order chi connectivity index (χ0) is 32.5. The zero-order valence-electron chi connectivity index (χ0n) is 25.4. The Hall–Kier alpha value is -4.74. The van der Waals surface area contributed by atoms with Crippen LogP contribution in [0, 0.1) is 29.1 Å². The number of phenolic OH excluding ortho intramolecular Hbond substituents is 1. The van der Waals surface area contributed by atoms with Gasteiger partial charge in [-0.25, -0.2) is 4.90 Å². The van der Waals surface area contributed by atoms with E-state index in [1.807, 2.05) is 19.1 Å². The number of hydrogen-bond donors (Lipinski definition) is 3. The molecule has 2 heterocycles. The summed E-state index contributed by atoms with van der Waals surface area (Å²) in [6, 6.07) is 19.8. The predicted octanol–water partition coefficient (Wildman–Crippen LogP) is 2.91. The molecule has 3 fully saturated rings. The summed E-state index contributed by atoms with van der Waals surface area (Å²) in [4.78, 5) is 59.2. The van der Waals surface area contributed by atoms with Gasteiger partial charge in [-0.05, 0) is 80.0 Å². The van der Waals surface area contributed by atoms with Gasteiger partial charge >= 0.3 is 7.12 Å². The van der Waals surface area contributed by atoms with Crippen LogP contribution in [0.5, 0.6) is 11.5 Å². The van der Waals surface area contributed by atoms with Crippen molar-refractivity contribution < 1.29 is 39.1 Å². The van der Waals surface area contributed by atoms with Crippen LogP contribution in [0.3, 0.4) is 0 Å². The Labute approximate surface area is 266 Å². The lowest BCUT2D eigenvalue weighted by Gasteiger charge is -2.49. The topological polar surface area (TPSA) is 145 Å². The number of fused-ring (bicyclic) bond motifs is 4. The molecular weight excluding hydrogens is 587 g/mol. The summed E-state index contributed by atoms with van der Waals surface area (Å²) in [5.41, 5.74) is 1.11. The summed E-state index contributed by atoms with van der Waals surface area (Å²) >= 11 is 0. The molecule has 3 aromatic carbocycles. The molecule has 10 nitrogen and oxygen atoms in total. The molecule has 11 heteroatoms. The van der Waals surface area contributed by atoms with Gasteiger partial charge in [0.1, 0.15) is 0 Å². The predicted molar refractivity (Wildman–Crippen MR) is 169 cm³/mol. The number of amides is 4. The van der Waals surface area contributed by atoms with E-state index in [4.69, 9.17) is 4.74 Å². The summed E-state index contributed by atoms with van der Waals surface area (Å²) in [6.45, 7) is 3.91. The van der Waals surface area contributed by atoms with E-state index in [1.165, 1.54) is 23.1 Å². The van der Waals surface area contributed by atoms with Gasteiger partial charge in [-0.2, -0.15) is 0 Å². The Morgan fingerprint density at radius 3 is 2.33 bits per heavy atom. The van der Waals surface area contributed by atoms with Gasteiger partial charge in [-0.3, -0.25) is 24.1 Å². The maximum atomic E-state index is 14.5. The number of anilines is 2. The minimum Gasteiger partial charge on any atom is -0.504 e. The molecule has 7 rings (SSSR count). The molecule has 0 bridgehead atoms. The summed E-state index contributed by atoms with van der Waals surface area (Å²) in [7, 11) is -1.77. The lowest BCUT2D eigenvalue weighted by molar-refractivity contribution is -0.131. The Morgan fingerprint density at radius 1 is 0.870 bits per heavy atom. The summed E-state index contributed by atoms with van der Waals surface area (Å²) < 4.78 is 5.70. The second-order valence-corrected chi connectivity index (χ2v) is 12.6. The second kappa shape index (κ2) is 11.0. The molecule has 6 atom stereocenters. The minimum atomic E-state index is -1.77. The summed E-state index contributed by atoms with van der Waals surface area (Å²) in [5, 5.41) is 30.0. The highest BCUT2D eigenvalue weighted by atomic mass is 16.5. The van der Waals surface area contributed by atoms with Crippen LogP contribution < -0.4 is 20.0 Å². The number of allylic oxidation sites excluding steroid dienone is 2. The van der Waals surface area contributed by atoms with Crippen molar-refractivity contribution in [3.8, 4) is 11.5 Å². The van der Waals surface area contributed by atoms with Crippen LogP contribution in [0.15, 0.2) is 84.4 Å². The quantitative estimate of drug-likeness (QED) is 0.217. The molecule has 2 saturated heterocycles. The third-order valence-corrected chi connectivity index (χ3v) is 10.3. The molecule has 0 spiro atoms. The molecular formula is C35H33BN2O8. The van der Waals surface area contributed by atoms with Gasteiger partial charge in [0.2, 0.25) is 23.6 Å². The number of carbonyl (C=O) groups excluding carboxylic acids is 4. The second-order valence-electron chi connectivity index (χ2n) is 12.6. The summed E-state index contributed by atoms with van der Waals surface area (Å²) in [6.07, 6.45) is 2.42. The molecule has 0 aromatic heterocycles. The van der Waals surface area contributed by atoms with Crippen molar-refractivity contribution in [1.29, 1.82) is 0 Å². The van der Waals surface area contributed by atoms with Crippen LogP contribution >= 0.6 is 0 Å². The molecule has 2 aliphatic heterocycles. The van der Waals surface area contributed by atoms with Crippen molar-refractivity contribution in [2.75, 3.05) is 16.4 Å². The molecule has 0 radical (unpaired) electrons. The van der Waals surface area contributed by atoms with Crippen molar-refractivity contribution in [3.05, 3.63) is 90.0 Å². The third kappa shape index (κ3) is 4.25. The zero-order valence-corrected chi connectivity index (χ0v) is 25.4. The number of rotatable bonds is 6. The fourth-order valence-corrected chi connectivity index (χ4v) is 8.28. The van der Waals surface area contributed by atoms with E-state index in [1.54, 1.807) is 55.5 Å². The fourth-order valence-electron chi connectivity index (χ4n) is 8.28. The smallest absolute Gasteiger partial charge is 0.488 e. The summed E-state index contributed by atoms with van der Waals surface area (Å²) in [5.74, 6) is -4.73. The van der Waals surface area contributed by atoms with Gasteiger partial charge in [0.15, 0.2) is 11.5 Å². The van der Waals surface area contributed by atoms with E-state index >= 15 is 0 Å². The molecule has 4 amide bonds. The van der Waals surface area contributed by atoms with Crippen LogP contribution in [0.1, 0.15) is 38.2 Å². The monoisotopic (exact) mass is 620 g/mol. The van der Waals surface area contributed by atoms with E-state index < -0.39 is 48.0 Å². The molecule has 1 saturated carbocycles. The van der Waals surface area contributed by atoms with Crippen LogP contribution in [0.25, 0.3) is 0 Å². The first-order chi connectivity index (χ1) is 22.1. The highest BCUT2D eigenvalue weighted by molar-refractivity contribution is 6.58. The maximum Gasteiger partial charge on any atom is 0.488 e. The first-order valence-electron chi connectivity index (χ1n) is 15.5. The SMILES string of the molecule is CCOc1cc(C2C3=CCC4C(=O)N(c5cccc(B(O)O)c5)C(=O)C4C3CC3C(=O)N(c4ccccc4)C(=O)C32C)ccc1O. The molecule has 4 aliphatic rings. The largest absolute Gasteiger partial charge is 0.504 e. The molecule has 3 aromatic rings. The first-order valence-corrected chi connectivity index (χ1v) is 15.5. The number of benzene rings is 3. The van der Waals surface area contributed by atoms with Crippen molar-refractivity contribution in [2.24, 2.45) is 29.1 Å². The average Bonchev–Trinajstić information content (AvgIpc) is 3.42. The van der Waals surface area contributed by atoms with Gasteiger partial charge < -0.3 is 19.9 Å². The normalized spacial score (nSPS) is 28.5. The van der Waals surface area contributed by atoms with Crippen molar-refractivity contribution >= 4 is 47.6 Å². The van der Waals surface area contributed by atoms with Crippen molar-refractivity contribution in [1.82, 2.24) is 0 Å². The fraction of sp³-hybridized carbons (Fsp3) is 0.314. The van der Waals surface area contributed by atoms with Crippen LogP contribution in [0.2, 0.25) is 0 Å². The Balaban J connectivity index is 1.36. The molecule has 2 aliphatic carbocycles.